The van der Waals surface area contributed by atoms with E-state index in [9.17, 15) is 4.79 Å². The molecule has 0 aliphatic rings. The predicted octanol–water partition coefficient (Wildman–Crippen LogP) is 2.65. The van der Waals surface area contributed by atoms with E-state index in [-0.39, 0.29) is 11.9 Å². The Kier molecular flexibility index (Phi) is 4.35. The lowest BCUT2D eigenvalue weighted by Gasteiger charge is -2.12. The van der Waals surface area contributed by atoms with E-state index in [0.717, 1.165) is 5.39 Å². The zero-order valence-electron chi connectivity index (χ0n) is 10.8. The van der Waals surface area contributed by atoms with Gasteiger partial charge >= 0.3 is 0 Å². The van der Waals surface area contributed by atoms with Crippen LogP contribution in [0.1, 0.15) is 17.4 Å². The standard InChI is InChI=1S/C14H15ClN2O2/c1-9(8-19-2)16-14(18)13-7-11(15)10-5-3-4-6-12(10)17-13/h3-7,9H,8H2,1-2H3,(H,16,18). The first-order valence-corrected chi connectivity index (χ1v) is 6.34. The van der Waals surface area contributed by atoms with Gasteiger partial charge in [-0.2, -0.15) is 0 Å². The van der Waals surface area contributed by atoms with Crippen LogP contribution in [-0.4, -0.2) is 30.6 Å². The molecular formula is C14H15ClN2O2. The Labute approximate surface area is 116 Å². The maximum absolute atomic E-state index is 12.0. The number of hydrogen-bond donors (Lipinski definition) is 1. The molecule has 0 saturated heterocycles. The number of halogens is 1. The van der Waals surface area contributed by atoms with E-state index < -0.39 is 0 Å². The van der Waals surface area contributed by atoms with E-state index in [2.05, 4.69) is 10.3 Å². The second kappa shape index (κ2) is 5.99. The van der Waals surface area contributed by atoms with Crippen LogP contribution in [0.25, 0.3) is 10.9 Å². The van der Waals surface area contributed by atoms with Gasteiger partial charge in [0.15, 0.2) is 0 Å². The molecule has 0 aliphatic heterocycles. The van der Waals surface area contributed by atoms with Crippen molar-refractivity contribution in [2.45, 2.75) is 13.0 Å². The SMILES string of the molecule is COCC(C)NC(=O)c1cc(Cl)c2ccccc2n1. The Morgan fingerprint density at radius 1 is 1.47 bits per heavy atom. The van der Waals surface area contributed by atoms with E-state index in [4.69, 9.17) is 16.3 Å². The quantitative estimate of drug-likeness (QED) is 0.935. The summed E-state index contributed by atoms with van der Waals surface area (Å²) < 4.78 is 4.97. The predicted molar refractivity (Wildman–Crippen MR) is 75.6 cm³/mol. The number of carbonyl (C=O) groups excluding carboxylic acids is 1. The summed E-state index contributed by atoms with van der Waals surface area (Å²) in [5.74, 6) is -0.253. The smallest absolute Gasteiger partial charge is 0.270 e. The molecule has 0 spiro atoms. The van der Waals surface area contributed by atoms with Crippen LogP contribution < -0.4 is 5.32 Å². The number of rotatable bonds is 4. The van der Waals surface area contributed by atoms with Crippen LogP contribution >= 0.6 is 11.6 Å². The van der Waals surface area contributed by atoms with Crippen molar-refractivity contribution in [2.75, 3.05) is 13.7 Å². The Morgan fingerprint density at radius 3 is 2.95 bits per heavy atom. The van der Waals surface area contributed by atoms with Crippen LogP contribution in [0, 0.1) is 0 Å². The second-order valence-electron chi connectivity index (χ2n) is 4.34. The number of benzene rings is 1. The average molecular weight is 279 g/mol. The number of carbonyl (C=O) groups is 1. The van der Waals surface area contributed by atoms with Crippen molar-refractivity contribution in [2.24, 2.45) is 0 Å². The lowest BCUT2D eigenvalue weighted by atomic mass is 10.2. The van der Waals surface area contributed by atoms with Gasteiger partial charge in [-0.3, -0.25) is 4.79 Å². The third-order valence-corrected chi connectivity index (χ3v) is 3.01. The van der Waals surface area contributed by atoms with Gasteiger partial charge in [0.05, 0.1) is 17.1 Å². The van der Waals surface area contributed by atoms with Crippen LogP contribution in [0.4, 0.5) is 0 Å². The highest BCUT2D eigenvalue weighted by Crippen LogP contribution is 2.22. The number of pyridine rings is 1. The van der Waals surface area contributed by atoms with Gasteiger partial charge in [0, 0.05) is 18.5 Å². The number of amides is 1. The Bertz CT molecular complexity index is 601. The number of aromatic nitrogens is 1. The molecule has 1 N–H and O–H groups in total. The Morgan fingerprint density at radius 2 is 2.21 bits per heavy atom. The molecule has 1 amide bonds. The van der Waals surface area contributed by atoms with Gasteiger partial charge in [0.1, 0.15) is 5.69 Å². The Hall–Kier alpha value is -1.65. The summed E-state index contributed by atoms with van der Waals surface area (Å²) in [6.45, 7) is 2.32. The first-order valence-electron chi connectivity index (χ1n) is 5.97. The van der Waals surface area contributed by atoms with Crippen LogP contribution in [0.3, 0.4) is 0 Å². The fourth-order valence-electron chi connectivity index (χ4n) is 1.84. The van der Waals surface area contributed by atoms with E-state index in [1.165, 1.54) is 0 Å². The van der Waals surface area contributed by atoms with Gasteiger partial charge in [0.2, 0.25) is 0 Å². The van der Waals surface area contributed by atoms with E-state index >= 15 is 0 Å². The first-order chi connectivity index (χ1) is 9.11. The van der Waals surface area contributed by atoms with E-state index in [0.29, 0.717) is 22.8 Å². The highest BCUT2D eigenvalue weighted by Gasteiger charge is 2.13. The zero-order valence-corrected chi connectivity index (χ0v) is 11.6. The number of hydrogen-bond acceptors (Lipinski definition) is 3. The molecule has 100 valence electrons. The molecule has 0 radical (unpaired) electrons. The van der Waals surface area contributed by atoms with Crippen LogP contribution in [0.2, 0.25) is 5.02 Å². The second-order valence-corrected chi connectivity index (χ2v) is 4.74. The summed E-state index contributed by atoms with van der Waals surface area (Å²) in [5, 5.41) is 4.17. The number of ether oxygens (including phenoxy) is 1. The molecule has 1 aromatic carbocycles. The maximum Gasteiger partial charge on any atom is 0.270 e. The fourth-order valence-corrected chi connectivity index (χ4v) is 2.10. The summed E-state index contributed by atoms with van der Waals surface area (Å²) in [4.78, 5) is 16.3. The van der Waals surface area contributed by atoms with E-state index in [1.807, 2.05) is 31.2 Å². The van der Waals surface area contributed by atoms with Crippen LogP contribution in [0.15, 0.2) is 30.3 Å². The van der Waals surface area contributed by atoms with E-state index in [1.54, 1.807) is 13.2 Å². The van der Waals surface area contributed by atoms with Crippen LogP contribution in [-0.2, 0) is 4.74 Å². The number of methoxy groups -OCH3 is 1. The summed E-state index contributed by atoms with van der Waals surface area (Å²) >= 11 is 6.16. The van der Waals surface area contributed by atoms with Gasteiger partial charge < -0.3 is 10.1 Å². The number of fused-ring (bicyclic) bond motifs is 1. The molecule has 1 unspecified atom stereocenters. The molecule has 0 saturated carbocycles. The van der Waals surface area contributed by atoms with Crippen LogP contribution in [0.5, 0.6) is 0 Å². The van der Waals surface area contributed by atoms with Crippen molar-refractivity contribution < 1.29 is 9.53 Å². The van der Waals surface area contributed by atoms with Crippen molar-refractivity contribution in [3.63, 3.8) is 0 Å². The third-order valence-electron chi connectivity index (χ3n) is 2.69. The molecule has 0 aliphatic carbocycles. The van der Waals surface area contributed by atoms with Gasteiger partial charge in [-0.1, -0.05) is 29.8 Å². The molecule has 5 heteroatoms. The fraction of sp³-hybridized carbons (Fsp3) is 0.286. The molecule has 1 heterocycles. The number of nitrogens with one attached hydrogen (secondary N) is 1. The summed E-state index contributed by atoms with van der Waals surface area (Å²) in [6.07, 6.45) is 0. The third kappa shape index (κ3) is 3.22. The van der Waals surface area contributed by atoms with Gasteiger partial charge in [-0.25, -0.2) is 4.98 Å². The minimum Gasteiger partial charge on any atom is -0.383 e. The zero-order chi connectivity index (χ0) is 13.8. The molecule has 2 rings (SSSR count). The van der Waals surface area contributed by atoms with Gasteiger partial charge in [0.25, 0.3) is 5.91 Å². The molecule has 4 nitrogen and oxygen atoms in total. The maximum atomic E-state index is 12.0. The molecule has 19 heavy (non-hydrogen) atoms. The minimum atomic E-state index is -0.253. The number of para-hydroxylation sites is 1. The highest BCUT2D eigenvalue weighted by atomic mass is 35.5. The average Bonchev–Trinajstić information content (AvgIpc) is 2.39. The lowest BCUT2D eigenvalue weighted by Crippen LogP contribution is -2.36. The lowest BCUT2D eigenvalue weighted by molar-refractivity contribution is 0.0901. The van der Waals surface area contributed by atoms with Crippen molar-refractivity contribution in [1.29, 1.82) is 0 Å². The molecular weight excluding hydrogens is 264 g/mol. The monoisotopic (exact) mass is 278 g/mol. The van der Waals surface area contributed by atoms with Gasteiger partial charge in [-0.15, -0.1) is 0 Å². The molecule has 2 aromatic rings. The normalized spacial score (nSPS) is 12.4. The minimum absolute atomic E-state index is 0.0791. The van der Waals surface area contributed by atoms with Gasteiger partial charge in [-0.05, 0) is 19.1 Å². The number of nitrogens with zero attached hydrogens (tertiary/aromatic N) is 1. The molecule has 0 fully saturated rings. The molecule has 1 aromatic heterocycles. The largest absolute Gasteiger partial charge is 0.383 e. The summed E-state index contributed by atoms with van der Waals surface area (Å²) in [5.41, 5.74) is 1.02. The first kappa shape index (κ1) is 13.8. The van der Waals surface area contributed by atoms with Crippen molar-refractivity contribution in [3.05, 3.63) is 41.0 Å². The summed E-state index contributed by atoms with van der Waals surface area (Å²) in [7, 11) is 1.59. The molecule has 0 bridgehead atoms. The topological polar surface area (TPSA) is 51.2 Å². The highest BCUT2D eigenvalue weighted by molar-refractivity contribution is 6.35. The van der Waals surface area contributed by atoms with Crippen molar-refractivity contribution in [3.8, 4) is 0 Å². The van der Waals surface area contributed by atoms with Crippen molar-refractivity contribution in [1.82, 2.24) is 10.3 Å². The Balaban J connectivity index is 2.28. The summed E-state index contributed by atoms with van der Waals surface area (Å²) in [6, 6.07) is 8.96. The van der Waals surface area contributed by atoms with Crippen molar-refractivity contribution >= 4 is 28.4 Å². The molecule has 1 atom stereocenters.